The summed E-state index contributed by atoms with van der Waals surface area (Å²) in [6.07, 6.45) is 0.180. The highest BCUT2D eigenvalue weighted by molar-refractivity contribution is 5.90. The van der Waals surface area contributed by atoms with E-state index in [1.807, 2.05) is 66.7 Å². The quantitative estimate of drug-likeness (QED) is 0.574. The minimum Gasteiger partial charge on any atom is -0.390 e. The van der Waals surface area contributed by atoms with Crippen LogP contribution in [0.15, 0.2) is 78.9 Å². The largest absolute Gasteiger partial charge is 0.390 e. The Morgan fingerprint density at radius 2 is 1.56 bits per heavy atom. The second kappa shape index (κ2) is 6.49. The van der Waals surface area contributed by atoms with Crippen LogP contribution in [0.2, 0.25) is 0 Å². The summed E-state index contributed by atoms with van der Waals surface area (Å²) < 4.78 is 0. The number of aliphatic hydroxyl groups excluding tert-OH is 1. The summed E-state index contributed by atoms with van der Waals surface area (Å²) >= 11 is 0. The number of nitrogens with one attached hydrogen (secondary N) is 1. The molecule has 132 valence electrons. The topological polar surface area (TPSA) is 58.0 Å². The highest BCUT2D eigenvalue weighted by Crippen LogP contribution is 2.35. The number of anilines is 1. The van der Waals surface area contributed by atoms with Gasteiger partial charge in [-0.2, -0.15) is 0 Å². The van der Waals surface area contributed by atoms with E-state index in [-0.39, 0.29) is 6.04 Å². The number of nitrogens with zero attached hydrogens (tertiary/aromatic N) is 2. The molecule has 2 N–H and O–H groups in total. The summed E-state index contributed by atoms with van der Waals surface area (Å²) in [5, 5.41) is 15.1. The molecule has 0 fully saturated rings. The van der Waals surface area contributed by atoms with E-state index in [2.05, 4.69) is 17.4 Å². The fraction of sp³-hybridized carbons (Fsp3) is 0.130. The van der Waals surface area contributed by atoms with Crippen molar-refractivity contribution in [3.63, 3.8) is 0 Å². The molecule has 4 nitrogen and oxygen atoms in total. The predicted molar refractivity (Wildman–Crippen MR) is 107 cm³/mol. The molecule has 0 amide bonds. The first-order valence-electron chi connectivity index (χ1n) is 9.14. The van der Waals surface area contributed by atoms with E-state index >= 15 is 0 Å². The molecule has 0 spiro atoms. The van der Waals surface area contributed by atoms with E-state index in [1.165, 1.54) is 5.56 Å². The van der Waals surface area contributed by atoms with Gasteiger partial charge in [0.1, 0.15) is 5.82 Å². The number of aromatic nitrogens is 2. The van der Waals surface area contributed by atoms with E-state index in [0.717, 1.165) is 27.8 Å². The molecule has 5 rings (SSSR count). The van der Waals surface area contributed by atoms with Crippen LogP contribution in [0.3, 0.4) is 0 Å². The lowest BCUT2D eigenvalue weighted by atomic mass is 10.1. The van der Waals surface area contributed by atoms with E-state index in [1.54, 1.807) is 0 Å². The van der Waals surface area contributed by atoms with E-state index in [4.69, 9.17) is 9.97 Å². The fourth-order valence-electron chi connectivity index (χ4n) is 3.80. The van der Waals surface area contributed by atoms with Gasteiger partial charge in [-0.25, -0.2) is 9.97 Å². The third-order valence-corrected chi connectivity index (χ3v) is 5.13. The van der Waals surface area contributed by atoms with Gasteiger partial charge in [0.25, 0.3) is 0 Å². The SMILES string of the molecule is O[C@@H]1Cc2ccccc2[C@@H]1Nc1nc(-c2ccccc2)nc2ccccc12. The van der Waals surface area contributed by atoms with Crippen molar-refractivity contribution in [2.45, 2.75) is 18.6 Å². The van der Waals surface area contributed by atoms with Crippen molar-refractivity contribution in [1.82, 2.24) is 9.97 Å². The summed E-state index contributed by atoms with van der Waals surface area (Å²) in [5.41, 5.74) is 4.17. The zero-order valence-corrected chi connectivity index (χ0v) is 14.7. The molecule has 2 atom stereocenters. The number of para-hydroxylation sites is 1. The first-order chi connectivity index (χ1) is 13.3. The molecule has 0 saturated heterocycles. The maximum absolute atomic E-state index is 10.6. The van der Waals surface area contributed by atoms with Crippen LogP contribution in [0.4, 0.5) is 5.82 Å². The highest BCUT2D eigenvalue weighted by Gasteiger charge is 2.31. The molecular weight excluding hydrogens is 334 g/mol. The number of hydrogen-bond acceptors (Lipinski definition) is 4. The molecular formula is C23H19N3O. The fourth-order valence-corrected chi connectivity index (χ4v) is 3.80. The number of benzene rings is 3. The number of fused-ring (bicyclic) bond motifs is 2. The molecule has 3 aromatic carbocycles. The van der Waals surface area contributed by atoms with Gasteiger partial charge < -0.3 is 10.4 Å². The summed E-state index contributed by atoms with van der Waals surface area (Å²) in [7, 11) is 0. The average molecular weight is 353 g/mol. The lowest BCUT2D eigenvalue weighted by Gasteiger charge is -2.20. The van der Waals surface area contributed by atoms with Gasteiger partial charge in [0.05, 0.1) is 17.7 Å². The Hall–Kier alpha value is -3.24. The van der Waals surface area contributed by atoms with Crippen molar-refractivity contribution < 1.29 is 5.11 Å². The minimum atomic E-state index is -0.476. The van der Waals surface area contributed by atoms with E-state index < -0.39 is 6.10 Å². The second-order valence-electron chi connectivity index (χ2n) is 6.87. The Bertz CT molecular complexity index is 1110. The predicted octanol–water partition coefficient (Wildman–Crippen LogP) is 4.37. The third kappa shape index (κ3) is 2.84. The smallest absolute Gasteiger partial charge is 0.162 e. The van der Waals surface area contributed by atoms with Crippen molar-refractivity contribution in [1.29, 1.82) is 0 Å². The Morgan fingerprint density at radius 3 is 2.44 bits per heavy atom. The van der Waals surface area contributed by atoms with Gasteiger partial charge in [-0.1, -0.05) is 66.7 Å². The zero-order chi connectivity index (χ0) is 18.2. The second-order valence-corrected chi connectivity index (χ2v) is 6.87. The molecule has 0 aliphatic heterocycles. The lowest BCUT2D eigenvalue weighted by molar-refractivity contribution is 0.165. The first kappa shape index (κ1) is 16.0. The Balaban J connectivity index is 1.62. The van der Waals surface area contributed by atoms with Crippen LogP contribution in [0.5, 0.6) is 0 Å². The van der Waals surface area contributed by atoms with Gasteiger partial charge in [-0.3, -0.25) is 0 Å². The van der Waals surface area contributed by atoms with Gasteiger partial charge in [0.15, 0.2) is 5.82 Å². The Labute approximate surface area is 157 Å². The summed E-state index contributed by atoms with van der Waals surface area (Å²) in [6.45, 7) is 0. The van der Waals surface area contributed by atoms with Crippen molar-refractivity contribution in [3.05, 3.63) is 90.0 Å². The van der Waals surface area contributed by atoms with Crippen LogP contribution in [0.25, 0.3) is 22.3 Å². The normalized spacial score (nSPS) is 18.4. The summed E-state index contributed by atoms with van der Waals surface area (Å²) in [5.74, 6) is 1.43. The maximum atomic E-state index is 10.6. The highest BCUT2D eigenvalue weighted by atomic mass is 16.3. The molecule has 1 aliphatic rings. The third-order valence-electron chi connectivity index (χ3n) is 5.13. The Morgan fingerprint density at radius 1 is 0.815 bits per heavy atom. The lowest BCUT2D eigenvalue weighted by Crippen LogP contribution is -2.22. The molecule has 1 heterocycles. The van der Waals surface area contributed by atoms with Gasteiger partial charge >= 0.3 is 0 Å². The van der Waals surface area contributed by atoms with Crippen molar-refractivity contribution >= 4 is 16.7 Å². The molecule has 4 heteroatoms. The van der Waals surface area contributed by atoms with Crippen LogP contribution in [-0.2, 0) is 6.42 Å². The molecule has 4 aromatic rings. The molecule has 0 radical (unpaired) electrons. The van der Waals surface area contributed by atoms with Crippen molar-refractivity contribution in [2.24, 2.45) is 0 Å². The monoisotopic (exact) mass is 353 g/mol. The van der Waals surface area contributed by atoms with Gasteiger partial charge in [0.2, 0.25) is 0 Å². The van der Waals surface area contributed by atoms with Crippen LogP contribution >= 0.6 is 0 Å². The van der Waals surface area contributed by atoms with Crippen LogP contribution in [0, 0.1) is 0 Å². The standard InChI is InChI=1S/C23H19N3O/c27-20-14-16-10-4-5-11-17(16)21(20)25-23-18-12-6-7-13-19(18)24-22(26-23)15-8-2-1-3-9-15/h1-13,20-21,27H,14H2,(H,24,25,26)/t20-,21+/m1/s1. The van der Waals surface area contributed by atoms with Crippen LogP contribution < -0.4 is 5.32 Å². The van der Waals surface area contributed by atoms with Crippen LogP contribution in [0.1, 0.15) is 17.2 Å². The summed E-state index contributed by atoms with van der Waals surface area (Å²) in [6, 6.07) is 25.9. The molecule has 0 saturated carbocycles. The van der Waals surface area contributed by atoms with Gasteiger partial charge in [0, 0.05) is 17.4 Å². The number of hydrogen-bond donors (Lipinski definition) is 2. The number of aliphatic hydroxyl groups is 1. The molecule has 0 bridgehead atoms. The van der Waals surface area contributed by atoms with Gasteiger partial charge in [-0.15, -0.1) is 0 Å². The Kier molecular flexibility index (Phi) is 3.84. The summed E-state index contributed by atoms with van der Waals surface area (Å²) in [4.78, 5) is 9.54. The minimum absolute atomic E-state index is 0.178. The van der Waals surface area contributed by atoms with Crippen molar-refractivity contribution in [2.75, 3.05) is 5.32 Å². The van der Waals surface area contributed by atoms with Crippen molar-refractivity contribution in [3.8, 4) is 11.4 Å². The molecule has 0 unspecified atom stereocenters. The zero-order valence-electron chi connectivity index (χ0n) is 14.7. The molecule has 27 heavy (non-hydrogen) atoms. The maximum Gasteiger partial charge on any atom is 0.162 e. The van der Waals surface area contributed by atoms with E-state index in [9.17, 15) is 5.11 Å². The first-order valence-corrected chi connectivity index (χ1v) is 9.14. The molecule has 1 aromatic heterocycles. The average Bonchev–Trinajstić information content (AvgIpc) is 3.04. The van der Waals surface area contributed by atoms with Gasteiger partial charge in [-0.05, 0) is 23.3 Å². The number of rotatable bonds is 3. The van der Waals surface area contributed by atoms with Crippen LogP contribution in [-0.4, -0.2) is 21.2 Å². The molecule has 1 aliphatic carbocycles. The van der Waals surface area contributed by atoms with E-state index in [0.29, 0.717) is 12.2 Å².